The van der Waals surface area contributed by atoms with E-state index >= 15 is 0 Å². The zero-order valence-corrected chi connectivity index (χ0v) is 14.7. The molecule has 1 rings (SSSR count). The van der Waals surface area contributed by atoms with Gasteiger partial charge in [0.05, 0.1) is 13.2 Å². The number of carbonyl (C=O) groups excluding carboxylic acids is 1. The van der Waals surface area contributed by atoms with Crippen LogP contribution < -0.4 is 5.32 Å². The minimum Gasteiger partial charge on any atom is -0.497 e. The topological polar surface area (TPSA) is 103 Å². The molecule has 1 heterocycles. The first kappa shape index (κ1) is 21.9. The number of guanidine groups is 1. The fourth-order valence-corrected chi connectivity index (χ4v) is 2.34. The molecule has 0 aromatic carbocycles. The molecule has 0 radical (unpaired) electrons. The summed E-state index contributed by atoms with van der Waals surface area (Å²) in [6.45, 7) is 4.73. The molecule has 7 nitrogen and oxygen atoms in total. The Kier molecular flexibility index (Phi) is 13.3. The van der Waals surface area contributed by atoms with Gasteiger partial charge in [0.2, 0.25) is 5.91 Å². The maximum atomic E-state index is 11.7. The lowest BCUT2D eigenvalue weighted by atomic mass is 10.1. The van der Waals surface area contributed by atoms with Gasteiger partial charge in [-0.3, -0.25) is 20.3 Å². The molecule has 0 aromatic rings. The SMILES string of the molecule is C=C1CN(C)C(=N)NC(=O)CCCCCCCCCCO1.O=CO. The summed E-state index contributed by atoms with van der Waals surface area (Å²) in [4.78, 5) is 21.7. The van der Waals surface area contributed by atoms with Crippen LogP contribution in [0.5, 0.6) is 0 Å². The minimum absolute atomic E-state index is 0.0808. The first-order valence-corrected chi connectivity index (χ1v) is 8.49. The Labute approximate surface area is 144 Å². The van der Waals surface area contributed by atoms with Crippen LogP contribution in [0.1, 0.15) is 57.8 Å². The van der Waals surface area contributed by atoms with Gasteiger partial charge in [0, 0.05) is 13.5 Å². The van der Waals surface area contributed by atoms with E-state index in [4.69, 9.17) is 20.0 Å². The molecule has 1 fully saturated rings. The molecule has 3 N–H and O–H groups in total. The second kappa shape index (κ2) is 14.5. The van der Waals surface area contributed by atoms with Crippen LogP contribution in [0, 0.1) is 5.41 Å². The number of nitrogens with one attached hydrogen (secondary N) is 2. The number of amides is 1. The van der Waals surface area contributed by atoms with E-state index in [2.05, 4.69) is 11.9 Å². The lowest BCUT2D eigenvalue weighted by Gasteiger charge is -2.21. The Morgan fingerprint density at radius 2 is 1.67 bits per heavy atom. The molecule has 0 aliphatic carbocycles. The Hall–Kier alpha value is -2.05. The molecule has 1 saturated heterocycles. The monoisotopic (exact) mass is 341 g/mol. The molecule has 138 valence electrons. The van der Waals surface area contributed by atoms with Gasteiger partial charge < -0.3 is 14.7 Å². The van der Waals surface area contributed by atoms with E-state index in [9.17, 15) is 4.79 Å². The quantitative estimate of drug-likeness (QED) is 0.588. The molecule has 24 heavy (non-hydrogen) atoms. The van der Waals surface area contributed by atoms with Gasteiger partial charge in [-0.25, -0.2) is 0 Å². The zero-order chi connectivity index (χ0) is 18.2. The Bertz CT molecular complexity index is 399. The predicted molar refractivity (Wildman–Crippen MR) is 93.8 cm³/mol. The summed E-state index contributed by atoms with van der Waals surface area (Å²) >= 11 is 0. The number of nitrogens with zero attached hydrogens (tertiary/aromatic N) is 1. The van der Waals surface area contributed by atoms with Crippen LogP contribution >= 0.6 is 0 Å². The van der Waals surface area contributed by atoms with E-state index in [0.717, 1.165) is 19.3 Å². The van der Waals surface area contributed by atoms with Gasteiger partial charge >= 0.3 is 0 Å². The van der Waals surface area contributed by atoms with Crippen molar-refractivity contribution in [2.24, 2.45) is 0 Å². The van der Waals surface area contributed by atoms with Gasteiger partial charge in [0.25, 0.3) is 6.47 Å². The fraction of sp³-hybridized carbons (Fsp3) is 0.706. The molecule has 1 aliphatic heterocycles. The molecule has 7 heteroatoms. The van der Waals surface area contributed by atoms with Crippen LogP contribution in [-0.4, -0.2) is 48.5 Å². The summed E-state index contributed by atoms with van der Waals surface area (Å²) in [6.07, 6.45) is 9.69. The summed E-state index contributed by atoms with van der Waals surface area (Å²) in [6, 6.07) is 0. The Morgan fingerprint density at radius 3 is 2.25 bits per heavy atom. The second-order valence-corrected chi connectivity index (χ2v) is 5.82. The van der Waals surface area contributed by atoms with Crippen molar-refractivity contribution in [2.75, 3.05) is 20.2 Å². The lowest BCUT2D eigenvalue weighted by Crippen LogP contribution is -2.42. The average Bonchev–Trinajstić information content (AvgIpc) is 2.52. The van der Waals surface area contributed by atoms with Crippen molar-refractivity contribution in [3.63, 3.8) is 0 Å². The lowest BCUT2D eigenvalue weighted by molar-refractivity contribution is -0.123. The van der Waals surface area contributed by atoms with Crippen LogP contribution in [-0.2, 0) is 14.3 Å². The summed E-state index contributed by atoms with van der Waals surface area (Å²) in [5.41, 5.74) is 0. The van der Waals surface area contributed by atoms with Gasteiger partial charge in [-0.2, -0.15) is 0 Å². The van der Waals surface area contributed by atoms with Crippen LogP contribution in [0.2, 0.25) is 0 Å². The standard InChI is InChI=1S/C16H29N3O2.CH2O2/c1-14-13-19(2)16(17)18-15(20)11-9-7-5-3-4-6-8-10-12-21-14;2-1-3/h1,3-13H2,2H3,(H2,17,18,20);1H,(H,2,3). The predicted octanol–water partition coefficient (Wildman–Crippen LogP) is 2.72. The first-order valence-electron chi connectivity index (χ1n) is 8.49. The van der Waals surface area contributed by atoms with Crippen molar-refractivity contribution in [1.29, 1.82) is 5.41 Å². The molecule has 1 aliphatic rings. The van der Waals surface area contributed by atoms with Crippen LogP contribution in [0.3, 0.4) is 0 Å². The largest absolute Gasteiger partial charge is 0.497 e. The van der Waals surface area contributed by atoms with Gasteiger partial charge in [0.15, 0.2) is 5.96 Å². The van der Waals surface area contributed by atoms with Crippen molar-refractivity contribution in [1.82, 2.24) is 10.2 Å². The first-order chi connectivity index (χ1) is 11.5. The van der Waals surface area contributed by atoms with Crippen LogP contribution in [0.25, 0.3) is 0 Å². The molecule has 0 aromatic heterocycles. The Balaban J connectivity index is 0.00000163. The highest BCUT2D eigenvalue weighted by Crippen LogP contribution is 2.10. The van der Waals surface area contributed by atoms with E-state index < -0.39 is 0 Å². The van der Waals surface area contributed by atoms with Gasteiger partial charge in [-0.05, 0) is 12.8 Å². The molecule has 1 amide bonds. The van der Waals surface area contributed by atoms with Crippen molar-refractivity contribution in [3.05, 3.63) is 12.3 Å². The van der Waals surface area contributed by atoms with E-state index in [0.29, 0.717) is 25.3 Å². The van der Waals surface area contributed by atoms with E-state index in [1.54, 1.807) is 11.9 Å². The second-order valence-electron chi connectivity index (χ2n) is 5.82. The number of hydrogen-bond acceptors (Lipinski definition) is 4. The molecular formula is C17H31N3O4. The number of likely N-dealkylation sites (N-methyl/N-ethyl adjacent to an activating group) is 1. The van der Waals surface area contributed by atoms with Gasteiger partial charge in [-0.15, -0.1) is 0 Å². The van der Waals surface area contributed by atoms with Crippen molar-refractivity contribution >= 4 is 18.3 Å². The summed E-state index contributed by atoms with van der Waals surface area (Å²) in [5, 5.41) is 17.4. The average molecular weight is 341 g/mol. The minimum atomic E-state index is -0.250. The third-order valence-corrected chi connectivity index (χ3v) is 3.66. The number of ether oxygens (including phenoxy) is 1. The zero-order valence-electron chi connectivity index (χ0n) is 14.7. The number of rotatable bonds is 0. The third-order valence-electron chi connectivity index (χ3n) is 3.66. The van der Waals surface area contributed by atoms with Crippen LogP contribution in [0.4, 0.5) is 0 Å². The number of carboxylic acid groups (broad SMARTS) is 1. The highest BCUT2D eigenvalue weighted by molar-refractivity contribution is 5.95. The number of hydrogen-bond donors (Lipinski definition) is 3. The molecular weight excluding hydrogens is 310 g/mol. The van der Waals surface area contributed by atoms with E-state index in [1.807, 2.05) is 0 Å². The highest BCUT2D eigenvalue weighted by atomic mass is 16.5. The molecule has 0 bridgehead atoms. The smallest absolute Gasteiger partial charge is 0.290 e. The van der Waals surface area contributed by atoms with Crippen LogP contribution in [0.15, 0.2) is 12.3 Å². The van der Waals surface area contributed by atoms with E-state index in [-0.39, 0.29) is 18.3 Å². The summed E-state index contributed by atoms with van der Waals surface area (Å²) < 4.78 is 5.57. The highest BCUT2D eigenvalue weighted by Gasteiger charge is 2.10. The molecule has 0 spiro atoms. The Morgan fingerprint density at radius 1 is 1.17 bits per heavy atom. The fourth-order valence-electron chi connectivity index (χ4n) is 2.34. The summed E-state index contributed by atoms with van der Waals surface area (Å²) in [5.74, 6) is 0.664. The summed E-state index contributed by atoms with van der Waals surface area (Å²) in [7, 11) is 1.76. The van der Waals surface area contributed by atoms with Crippen molar-refractivity contribution < 1.29 is 19.4 Å². The van der Waals surface area contributed by atoms with E-state index in [1.165, 1.54) is 32.1 Å². The van der Waals surface area contributed by atoms with Gasteiger partial charge in [-0.1, -0.05) is 45.1 Å². The molecule has 0 unspecified atom stereocenters. The maximum absolute atomic E-state index is 11.7. The van der Waals surface area contributed by atoms with Crippen molar-refractivity contribution in [2.45, 2.75) is 57.8 Å². The number of carbonyl (C=O) groups is 2. The molecule has 0 atom stereocenters. The van der Waals surface area contributed by atoms with Gasteiger partial charge in [0.1, 0.15) is 5.76 Å². The normalized spacial score (nSPS) is 19.2. The molecule has 0 saturated carbocycles. The maximum Gasteiger partial charge on any atom is 0.290 e. The third kappa shape index (κ3) is 12.5. The van der Waals surface area contributed by atoms with Crippen molar-refractivity contribution in [3.8, 4) is 0 Å².